The molecule has 2 aliphatic carbocycles. The molecule has 0 amide bonds. The number of hydrogen-bond donors (Lipinski definition) is 1. The summed E-state index contributed by atoms with van der Waals surface area (Å²) in [5.41, 5.74) is 0.218. The summed E-state index contributed by atoms with van der Waals surface area (Å²) in [6, 6.07) is 2.57. The van der Waals surface area contributed by atoms with Gasteiger partial charge < -0.3 is 0 Å². The molecule has 0 bridgehead atoms. The maximum Gasteiger partial charge on any atom is 0.106 e. The number of nitrogens with one attached hydrogen (secondary N) is 1. The first kappa shape index (κ1) is 11.9. The summed E-state index contributed by atoms with van der Waals surface area (Å²) < 4.78 is 0. The van der Waals surface area contributed by atoms with Gasteiger partial charge in [0, 0.05) is 0 Å². The summed E-state index contributed by atoms with van der Waals surface area (Å²) in [5.74, 6) is 0.862. The molecule has 0 spiro atoms. The molecule has 0 aromatic carbocycles. The maximum atomic E-state index is 9.46. The van der Waals surface area contributed by atoms with Crippen molar-refractivity contribution in [3.05, 3.63) is 0 Å². The summed E-state index contributed by atoms with van der Waals surface area (Å²) in [6.07, 6.45) is 8.43. The highest BCUT2D eigenvalue weighted by Crippen LogP contribution is 2.38. The molecule has 2 heteroatoms. The Morgan fingerprint density at radius 2 is 1.94 bits per heavy atom. The molecule has 2 fully saturated rings. The first-order valence-electron chi connectivity index (χ1n) is 6.72. The average Bonchev–Trinajstić information content (AvgIpc) is 3.04. The van der Waals surface area contributed by atoms with E-state index in [1.807, 2.05) is 0 Å². The molecular formula is C14H24N2. The number of nitrogens with zero attached hydrogens (tertiary/aromatic N) is 1. The third-order valence-electron chi connectivity index (χ3n) is 4.33. The fraction of sp³-hybridized carbons (Fsp3) is 0.929. The zero-order valence-corrected chi connectivity index (χ0v) is 10.7. The van der Waals surface area contributed by atoms with Gasteiger partial charge in [-0.2, -0.15) is 5.26 Å². The van der Waals surface area contributed by atoms with Crippen LogP contribution in [0.5, 0.6) is 0 Å². The molecule has 0 aromatic rings. The van der Waals surface area contributed by atoms with Crippen LogP contribution < -0.4 is 5.32 Å². The predicted octanol–water partition coefficient (Wildman–Crippen LogP) is 3.24. The van der Waals surface area contributed by atoms with E-state index >= 15 is 0 Å². The molecule has 0 aromatic heterocycles. The predicted molar refractivity (Wildman–Crippen MR) is 65.9 cm³/mol. The zero-order valence-electron chi connectivity index (χ0n) is 10.7. The molecule has 2 saturated carbocycles. The van der Waals surface area contributed by atoms with E-state index in [1.165, 1.54) is 32.1 Å². The second kappa shape index (κ2) is 4.37. The van der Waals surface area contributed by atoms with E-state index in [4.69, 9.17) is 0 Å². The van der Waals surface area contributed by atoms with Crippen molar-refractivity contribution >= 4 is 0 Å². The van der Waals surface area contributed by atoms with E-state index in [9.17, 15) is 5.26 Å². The van der Waals surface area contributed by atoms with Crippen LogP contribution in [0.3, 0.4) is 0 Å². The molecule has 2 nitrogen and oxygen atoms in total. The summed E-state index contributed by atoms with van der Waals surface area (Å²) in [4.78, 5) is 0. The Labute approximate surface area is 99.4 Å². The van der Waals surface area contributed by atoms with E-state index in [1.54, 1.807) is 0 Å². The highest BCUT2D eigenvalue weighted by atomic mass is 15.0. The molecule has 2 rings (SSSR count). The molecule has 1 unspecified atom stereocenters. The van der Waals surface area contributed by atoms with Crippen LogP contribution in [0.1, 0.15) is 58.8 Å². The van der Waals surface area contributed by atoms with Gasteiger partial charge in [0.2, 0.25) is 0 Å². The van der Waals surface area contributed by atoms with Gasteiger partial charge in [-0.25, -0.2) is 0 Å². The minimum Gasteiger partial charge on any atom is -0.299 e. The summed E-state index contributed by atoms with van der Waals surface area (Å²) in [7, 11) is 0. The van der Waals surface area contributed by atoms with Crippen molar-refractivity contribution < 1.29 is 0 Å². The molecule has 0 aliphatic heterocycles. The van der Waals surface area contributed by atoms with Crippen molar-refractivity contribution in [3.63, 3.8) is 0 Å². The first-order chi connectivity index (χ1) is 7.55. The fourth-order valence-corrected chi connectivity index (χ4v) is 2.66. The lowest BCUT2D eigenvalue weighted by molar-refractivity contribution is 0.297. The molecule has 1 N–H and O–H groups in total. The van der Waals surface area contributed by atoms with Crippen molar-refractivity contribution in [1.29, 1.82) is 5.26 Å². The van der Waals surface area contributed by atoms with Crippen molar-refractivity contribution in [3.8, 4) is 6.07 Å². The zero-order chi connectivity index (χ0) is 11.6. The van der Waals surface area contributed by atoms with Crippen LogP contribution in [0, 0.1) is 22.7 Å². The molecule has 90 valence electrons. The topological polar surface area (TPSA) is 35.8 Å². The second-order valence-corrected chi connectivity index (χ2v) is 6.54. The van der Waals surface area contributed by atoms with Gasteiger partial charge in [0.1, 0.15) is 5.54 Å². The van der Waals surface area contributed by atoms with Gasteiger partial charge in [-0.3, -0.25) is 5.32 Å². The Bertz CT molecular complexity index is 286. The normalized spacial score (nSPS) is 34.1. The Morgan fingerprint density at radius 3 is 2.56 bits per heavy atom. The summed E-state index contributed by atoms with van der Waals surface area (Å²) in [6.45, 7) is 5.73. The van der Waals surface area contributed by atoms with E-state index in [0.29, 0.717) is 5.41 Å². The SMILES string of the molecule is CC1(C)CCCC(C#N)(NCC2CC2)CC1. The lowest BCUT2D eigenvalue weighted by atomic mass is 9.84. The first-order valence-corrected chi connectivity index (χ1v) is 6.72. The van der Waals surface area contributed by atoms with Crippen LogP contribution in [0.25, 0.3) is 0 Å². The minimum atomic E-state index is -0.212. The van der Waals surface area contributed by atoms with Crippen LogP contribution in [-0.4, -0.2) is 12.1 Å². The van der Waals surface area contributed by atoms with Crippen LogP contribution in [0.2, 0.25) is 0 Å². The molecule has 0 radical (unpaired) electrons. The Hall–Kier alpha value is -0.550. The van der Waals surface area contributed by atoms with Gasteiger partial charge in [0.05, 0.1) is 6.07 Å². The highest BCUT2D eigenvalue weighted by Gasteiger charge is 2.36. The second-order valence-electron chi connectivity index (χ2n) is 6.54. The van der Waals surface area contributed by atoms with Gasteiger partial charge in [-0.15, -0.1) is 0 Å². The average molecular weight is 220 g/mol. The van der Waals surface area contributed by atoms with Gasteiger partial charge in [0.25, 0.3) is 0 Å². The van der Waals surface area contributed by atoms with E-state index in [0.717, 1.165) is 25.3 Å². The van der Waals surface area contributed by atoms with Gasteiger partial charge in [-0.1, -0.05) is 20.3 Å². The van der Waals surface area contributed by atoms with Crippen molar-refractivity contribution in [1.82, 2.24) is 5.32 Å². The van der Waals surface area contributed by atoms with Crippen molar-refractivity contribution in [2.75, 3.05) is 6.54 Å². The van der Waals surface area contributed by atoms with E-state index in [-0.39, 0.29) is 5.54 Å². The van der Waals surface area contributed by atoms with Crippen LogP contribution in [-0.2, 0) is 0 Å². The number of hydrogen-bond acceptors (Lipinski definition) is 2. The molecule has 16 heavy (non-hydrogen) atoms. The summed E-state index contributed by atoms with van der Waals surface area (Å²) >= 11 is 0. The Balaban J connectivity index is 1.94. The molecule has 2 aliphatic rings. The van der Waals surface area contributed by atoms with E-state index in [2.05, 4.69) is 25.2 Å². The van der Waals surface area contributed by atoms with Gasteiger partial charge in [-0.05, 0) is 56.4 Å². The third-order valence-corrected chi connectivity index (χ3v) is 4.33. The number of rotatable bonds is 3. The monoisotopic (exact) mass is 220 g/mol. The Morgan fingerprint density at radius 1 is 1.19 bits per heavy atom. The fourth-order valence-electron chi connectivity index (χ4n) is 2.66. The van der Waals surface area contributed by atoms with Crippen molar-refractivity contribution in [2.45, 2.75) is 64.3 Å². The standard InChI is InChI=1S/C14H24N2/c1-13(2)6-3-7-14(11-15,9-8-13)16-10-12-4-5-12/h12,16H,3-10H2,1-2H3. The minimum absolute atomic E-state index is 0.212. The summed E-state index contributed by atoms with van der Waals surface area (Å²) in [5, 5.41) is 13.0. The molecule has 1 atom stereocenters. The lowest BCUT2D eigenvalue weighted by Crippen LogP contribution is -2.44. The molecule has 0 heterocycles. The van der Waals surface area contributed by atoms with Gasteiger partial charge in [0.15, 0.2) is 0 Å². The lowest BCUT2D eigenvalue weighted by Gasteiger charge is -2.27. The van der Waals surface area contributed by atoms with Gasteiger partial charge >= 0.3 is 0 Å². The van der Waals surface area contributed by atoms with Crippen LogP contribution in [0.4, 0.5) is 0 Å². The Kier molecular flexibility index (Phi) is 3.26. The van der Waals surface area contributed by atoms with Crippen LogP contribution in [0.15, 0.2) is 0 Å². The quantitative estimate of drug-likeness (QED) is 0.741. The van der Waals surface area contributed by atoms with E-state index < -0.39 is 0 Å². The molecular weight excluding hydrogens is 196 g/mol. The number of nitriles is 1. The van der Waals surface area contributed by atoms with Crippen LogP contribution >= 0.6 is 0 Å². The third kappa shape index (κ3) is 2.98. The van der Waals surface area contributed by atoms with Crippen molar-refractivity contribution in [2.24, 2.45) is 11.3 Å². The largest absolute Gasteiger partial charge is 0.299 e. The highest BCUT2D eigenvalue weighted by molar-refractivity contribution is 5.09. The molecule has 0 saturated heterocycles. The maximum absolute atomic E-state index is 9.46. The smallest absolute Gasteiger partial charge is 0.106 e.